The van der Waals surface area contributed by atoms with E-state index in [1.807, 2.05) is 53.9 Å². The molecular formula is C21H20N4O2. The summed E-state index contributed by atoms with van der Waals surface area (Å²) < 4.78 is 7.64. The summed E-state index contributed by atoms with van der Waals surface area (Å²) in [7, 11) is 0. The Hall–Kier alpha value is -3.12. The highest BCUT2D eigenvalue weighted by atomic mass is 16.4. The molecule has 1 fully saturated rings. The summed E-state index contributed by atoms with van der Waals surface area (Å²) in [5.74, 6) is 0. The number of benzene rings is 1. The normalized spacial score (nSPS) is 14.9. The van der Waals surface area contributed by atoms with Gasteiger partial charge >= 0.3 is 5.63 Å². The number of aryl methyl sites for hydroxylation is 1. The molecule has 0 saturated carbocycles. The molecule has 0 aliphatic carbocycles. The Kier molecular flexibility index (Phi) is 3.72. The molecule has 6 heteroatoms. The van der Waals surface area contributed by atoms with Crippen LogP contribution in [0.3, 0.4) is 0 Å². The zero-order chi connectivity index (χ0) is 18.4. The zero-order valence-corrected chi connectivity index (χ0v) is 15.1. The van der Waals surface area contributed by atoms with Crippen molar-refractivity contribution in [2.75, 3.05) is 31.1 Å². The van der Waals surface area contributed by atoms with Crippen LogP contribution in [0.25, 0.3) is 27.9 Å². The maximum atomic E-state index is 12.6. The molecule has 136 valence electrons. The summed E-state index contributed by atoms with van der Waals surface area (Å²) in [6.07, 6.45) is 1.89. The van der Waals surface area contributed by atoms with Crippen molar-refractivity contribution in [2.24, 2.45) is 0 Å². The summed E-state index contributed by atoms with van der Waals surface area (Å²) in [5.41, 5.74) is 4.34. The van der Waals surface area contributed by atoms with Gasteiger partial charge in [-0.3, -0.25) is 0 Å². The first-order chi connectivity index (χ1) is 13.2. The molecule has 6 nitrogen and oxygen atoms in total. The lowest BCUT2D eigenvalue weighted by molar-refractivity contribution is 0.561. The van der Waals surface area contributed by atoms with Crippen LogP contribution < -0.4 is 15.8 Å². The van der Waals surface area contributed by atoms with Crippen LogP contribution in [-0.2, 0) is 0 Å². The van der Waals surface area contributed by atoms with Crippen molar-refractivity contribution in [1.82, 2.24) is 14.7 Å². The Morgan fingerprint density at radius 3 is 2.78 bits per heavy atom. The lowest BCUT2D eigenvalue weighted by Crippen LogP contribution is -2.43. The highest BCUT2D eigenvalue weighted by Gasteiger charge is 2.15. The molecule has 3 aromatic heterocycles. The average molecular weight is 360 g/mol. The molecule has 4 heterocycles. The van der Waals surface area contributed by atoms with Crippen LogP contribution in [0.2, 0.25) is 0 Å². The molecule has 1 aromatic carbocycles. The van der Waals surface area contributed by atoms with E-state index in [1.165, 1.54) is 0 Å². The van der Waals surface area contributed by atoms with Crippen LogP contribution in [0.4, 0.5) is 5.69 Å². The second kappa shape index (κ2) is 6.25. The number of nitrogens with one attached hydrogen (secondary N) is 1. The number of hydrogen-bond acceptors (Lipinski definition) is 5. The van der Waals surface area contributed by atoms with Gasteiger partial charge in [0.15, 0.2) is 0 Å². The van der Waals surface area contributed by atoms with Gasteiger partial charge in [-0.25, -0.2) is 9.78 Å². The number of imidazole rings is 1. The molecule has 0 bridgehead atoms. The van der Waals surface area contributed by atoms with Crippen LogP contribution in [-0.4, -0.2) is 35.6 Å². The second-order valence-corrected chi connectivity index (χ2v) is 6.93. The van der Waals surface area contributed by atoms with Crippen LogP contribution in [0.5, 0.6) is 0 Å². The second-order valence-electron chi connectivity index (χ2n) is 6.93. The van der Waals surface area contributed by atoms with E-state index < -0.39 is 0 Å². The lowest BCUT2D eigenvalue weighted by atomic mass is 10.1. The summed E-state index contributed by atoms with van der Waals surface area (Å²) in [5, 5.41) is 4.25. The van der Waals surface area contributed by atoms with Crippen LogP contribution in [0, 0.1) is 6.92 Å². The number of aromatic nitrogens is 2. The topological polar surface area (TPSA) is 62.8 Å². The Morgan fingerprint density at radius 1 is 1.11 bits per heavy atom. The van der Waals surface area contributed by atoms with Crippen molar-refractivity contribution >= 4 is 22.3 Å². The van der Waals surface area contributed by atoms with E-state index in [1.54, 1.807) is 0 Å². The van der Waals surface area contributed by atoms with E-state index in [2.05, 4.69) is 21.3 Å². The predicted molar refractivity (Wildman–Crippen MR) is 106 cm³/mol. The molecule has 1 aliphatic heterocycles. The Bertz CT molecular complexity index is 1200. The molecular weight excluding hydrogens is 340 g/mol. The Balaban J connectivity index is 1.60. The number of rotatable bonds is 2. The number of fused-ring (bicyclic) bond motifs is 2. The van der Waals surface area contributed by atoms with Gasteiger partial charge in [0, 0.05) is 55.2 Å². The van der Waals surface area contributed by atoms with E-state index in [9.17, 15) is 4.79 Å². The smallest absolute Gasteiger partial charge is 0.345 e. The van der Waals surface area contributed by atoms with Gasteiger partial charge in [-0.2, -0.15) is 0 Å². The highest BCUT2D eigenvalue weighted by Crippen LogP contribution is 2.25. The minimum Gasteiger partial charge on any atom is -0.422 e. The number of pyridine rings is 1. The van der Waals surface area contributed by atoms with Gasteiger partial charge in [-0.15, -0.1) is 0 Å². The van der Waals surface area contributed by atoms with Crippen molar-refractivity contribution in [3.8, 4) is 11.3 Å². The van der Waals surface area contributed by atoms with E-state index in [0.29, 0.717) is 16.8 Å². The third kappa shape index (κ3) is 2.78. The standard InChI is InChI=1S/C21H20N4O2/c1-14-3-2-4-20-23-18(13-25(14)20)17-11-15-5-6-16(12-19(15)27-21(17)26)24-9-7-22-8-10-24/h2-6,11-13,22H,7-10H2,1H3. The van der Waals surface area contributed by atoms with Gasteiger partial charge in [-0.1, -0.05) is 6.07 Å². The predicted octanol–water partition coefficient (Wildman–Crippen LogP) is 2.83. The number of nitrogens with zero attached hydrogens (tertiary/aromatic N) is 3. The molecule has 1 saturated heterocycles. The van der Waals surface area contributed by atoms with Gasteiger partial charge in [0.25, 0.3) is 0 Å². The minimum atomic E-state index is -0.360. The van der Waals surface area contributed by atoms with Crippen LogP contribution >= 0.6 is 0 Å². The summed E-state index contributed by atoms with van der Waals surface area (Å²) in [4.78, 5) is 19.5. The van der Waals surface area contributed by atoms with Crippen LogP contribution in [0.15, 0.2) is 57.9 Å². The fraction of sp³-hybridized carbons (Fsp3) is 0.238. The van der Waals surface area contributed by atoms with Crippen molar-refractivity contribution < 1.29 is 4.42 Å². The summed E-state index contributed by atoms with van der Waals surface area (Å²) >= 11 is 0. The molecule has 0 unspecified atom stereocenters. The van der Waals surface area contributed by atoms with Crippen LogP contribution in [0.1, 0.15) is 5.69 Å². The molecule has 0 radical (unpaired) electrons. The number of hydrogen-bond donors (Lipinski definition) is 1. The van der Waals surface area contributed by atoms with Crippen molar-refractivity contribution in [1.29, 1.82) is 0 Å². The fourth-order valence-electron chi connectivity index (χ4n) is 3.68. The van der Waals surface area contributed by atoms with E-state index in [0.717, 1.165) is 48.6 Å². The van der Waals surface area contributed by atoms with Gasteiger partial charge in [0.05, 0.1) is 11.3 Å². The summed E-state index contributed by atoms with van der Waals surface area (Å²) in [6, 6.07) is 13.8. The van der Waals surface area contributed by atoms with Crippen molar-refractivity contribution in [2.45, 2.75) is 6.92 Å². The minimum absolute atomic E-state index is 0.360. The molecule has 1 aliphatic rings. The lowest BCUT2D eigenvalue weighted by Gasteiger charge is -2.29. The number of anilines is 1. The molecule has 5 rings (SSSR count). The van der Waals surface area contributed by atoms with Gasteiger partial charge < -0.3 is 19.0 Å². The van der Waals surface area contributed by atoms with E-state index >= 15 is 0 Å². The van der Waals surface area contributed by atoms with Crippen molar-refractivity contribution in [3.63, 3.8) is 0 Å². The SMILES string of the molecule is Cc1cccc2nc(-c3cc4ccc(N5CCNCC5)cc4oc3=O)cn12. The highest BCUT2D eigenvalue weighted by molar-refractivity contribution is 5.84. The summed E-state index contributed by atoms with van der Waals surface area (Å²) in [6.45, 7) is 5.85. The first kappa shape index (κ1) is 16.1. The molecule has 0 spiro atoms. The average Bonchev–Trinajstić information content (AvgIpc) is 3.13. The first-order valence-corrected chi connectivity index (χ1v) is 9.18. The molecule has 27 heavy (non-hydrogen) atoms. The third-order valence-electron chi connectivity index (χ3n) is 5.17. The van der Waals surface area contributed by atoms with E-state index in [-0.39, 0.29) is 5.63 Å². The molecule has 4 aromatic rings. The zero-order valence-electron chi connectivity index (χ0n) is 15.1. The van der Waals surface area contributed by atoms with Gasteiger partial charge in [0.2, 0.25) is 0 Å². The van der Waals surface area contributed by atoms with Gasteiger partial charge in [-0.05, 0) is 37.3 Å². The molecule has 0 amide bonds. The molecule has 1 N–H and O–H groups in total. The number of piperazine rings is 1. The Morgan fingerprint density at radius 2 is 1.96 bits per heavy atom. The maximum Gasteiger partial charge on any atom is 0.345 e. The maximum absolute atomic E-state index is 12.6. The van der Waals surface area contributed by atoms with Crippen molar-refractivity contribution in [3.05, 3.63) is 64.8 Å². The quantitative estimate of drug-likeness (QED) is 0.557. The Labute approximate surface area is 156 Å². The largest absolute Gasteiger partial charge is 0.422 e. The first-order valence-electron chi connectivity index (χ1n) is 9.18. The monoisotopic (exact) mass is 360 g/mol. The third-order valence-corrected chi connectivity index (χ3v) is 5.17. The fourth-order valence-corrected chi connectivity index (χ4v) is 3.68. The van der Waals surface area contributed by atoms with E-state index in [4.69, 9.17) is 4.42 Å². The molecule has 0 atom stereocenters. The van der Waals surface area contributed by atoms with Gasteiger partial charge in [0.1, 0.15) is 11.2 Å².